The maximum Gasteiger partial charge on any atom is 0.211 e. The summed E-state index contributed by atoms with van der Waals surface area (Å²) in [5.41, 5.74) is 3.72. The molecule has 0 spiro atoms. The molecule has 2 aromatic rings. The zero-order valence-corrected chi connectivity index (χ0v) is 21.5. The molecule has 4 rings (SSSR count). The lowest BCUT2D eigenvalue weighted by Crippen LogP contribution is -1.98. The fraction of sp³-hybridized carbons (Fsp3) is 0.481. The van der Waals surface area contributed by atoms with Crippen LogP contribution in [0, 0.1) is 24.7 Å². The Bertz CT molecular complexity index is 902. The number of nitrogens with one attached hydrogen (secondary N) is 1. The van der Waals surface area contributed by atoms with Gasteiger partial charge in [-0.2, -0.15) is 0 Å². The van der Waals surface area contributed by atoms with Crippen molar-refractivity contribution in [1.82, 2.24) is 0 Å². The van der Waals surface area contributed by atoms with Crippen LogP contribution in [0.3, 0.4) is 0 Å². The van der Waals surface area contributed by atoms with Crippen LogP contribution >= 0.6 is 15.9 Å². The summed E-state index contributed by atoms with van der Waals surface area (Å²) in [6.45, 7) is 7.92. The molecule has 2 aliphatic carbocycles. The number of benzene rings is 2. The van der Waals surface area contributed by atoms with Crippen molar-refractivity contribution in [2.24, 2.45) is 17.8 Å². The highest BCUT2D eigenvalue weighted by Crippen LogP contribution is 2.54. The number of aryl methyl sites for hydroxylation is 1. The van der Waals surface area contributed by atoms with Crippen molar-refractivity contribution in [2.45, 2.75) is 59.8 Å². The van der Waals surface area contributed by atoms with E-state index in [0.29, 0.717) is 6.41 Å². The van der Waals surface area contributed by atoms with Gasteiger partial charge < -0.3 is 10.1 Å². The Labute approximate surface area is 201 Å². The van der Waals surface area contributed by atoms with Crippen molar-refractivity contribution < 1.29 is 14.3 Å². The standard InChI is InChI=1S/C10H11BrO.C9H11NO2.C8H14/c1-3-8-9(7(2)12)5-4-6-10(8)11;1-7-3-4-8(10-6-11)5-9(7)12-2;1-2-6-3-7-5-8(7)4-6/h4-6H,3H2,1-2H3;3-6H,1-2H3,(H,10,11);6-8H,2-5H2,1H3. The summed E-state index contributed by atoms with van der Waals surface area (Å²) in [7, 11) is 1.60. The Morgan fingerprint density at radius 1 is 1.16 bits per heavy atom. The Hall–Kier alpha value is -2.14. The van der Waals surface area contributed by atoms with E-state index in [1.54, 1.807) is 39.4 Å². The number of methoxy groups -OCH3 is 1. The van der Waals surface area contributed by atoms with Crippen molar-refractivity contribution in [1.29, 1.82) is 0 Å². The van der Waals surface area contributed by atoms with Crippen molar-refractivity contribution in [2.75, 3.05) is 12.4 Å². The van der Waals surface area contributed by atoms with Gasteiger partial charge in [-0.3, -0.25) is 9.59 Å². The number of halogens is 1. The molecular weight excluding hydrogens is 466 g/mol. The van der Waals surface area contributed by atoms with Gasteiger partial charge in [-0.15, -0.1) is 0 Å². The Kier molecular flexibility index (Phi) is 10.4. The molecule has 1 amide bonds. The van der Waals surface area contributed by atoms with Crippen LogP contribution in [0.2, 0.25) is 0 Å². The first-order valence-corrected chi connectivity index (χ1v) is 12.3. The number of hydrogen-bond acceptors (Lipinski definition) is 3. The number of hydrogen-bond donors (Lipinski definition) is 1. The first-order chi connectivity index (χ1) is 15.3. The normalized spacial score (nSPS) is 20.0. The third-order valence-electron chi connectivity index (χ3n) is 6.40. The molecule has 174 valence electrons. The van der Waals surface area contributed by atoms with Gasteiger partial charge in [-0.25, -0.2) is 0 Å². The van der Waals surface area contributed by atoms with Gasteiger partial charge in [0.2, 0.25) is 6.41 Å². The van der Waals surface area contributed by atoms with Crippen LogP contribution in [-0.2, 0) is 11.2 Å². The quantitative estimate of drug-likeness (QED) is 0.335. The van der Waals surface area contributed by atoms with E-state index in [4.69, 9.17) is 4.74 Å². The minimum absolute atomic E-state index is 0.133. The van der Waals surface area contributed by atoms with Crippen molar-refractivity contribution in [3.05, 3.63) is 57.6 Å². The summed E-state index contributed by atoms with van der Waals surface area (Å²) in [5, 5.41) is 2.55. The monoisotopic (exact) mass is 501 g/mol. The molecule has 2 aliphatic rings. The predicted molar refractivity (Wildman–Crippen MR) is 136 cm³/mol. The van der Waals surface area contributed by atoms with Gasteiger partial charge in [0.05, 0.1) is 7.11 Å². The van der Waals surface area contributed by atoms with E-state index >= 15 is 0 Å². The third-order valence-corrected chi connectivity index (χ3v) is 7.15. The fourth-order valence-electron chi connectivity index (χ4n) is 4.40. The van der Waals surface area contributed by atoms with E-state index in [1.807, 2.05) is 44.2 Å². The highest BCUT2D eigenvalue weighted by atomic mass is 79.9. The average Bonchev–Trinajstić information content (AvgIpc) is 3.40. The van der Waals surface area contributed by atoms with E-state index in [1.165, 1.54) is 18.3 Å². The van der Waals surface area contributed by atoms with Crippen molar-refractivity contribution in [3.63, 3.8) is 0 Å². The van der Waals surface area contributed by atoms with E-state index in [2.05, 4.69) is 28.2 Å². The van der Waals surface area contributed by atoms with Gasteiger partial charge in [0.15, 0.2) is 5.78 Å². The topological polar surface area (TPSA) is 55.4 Å². The lowest BCUT2D eigenvalue weighted by atomic mass is 10.0. The minimum Gasteiger partial charge on any atom is -0.496 e. The Balaban J connectivity index is 0.000000173. The molecule has 2 fully saturated rings. The molecule has 0 aliphatic heterocycles. The molecule has 32 heavy (non-hydrogen) atoms. The number of ether oxygens (including phenoxy) is 1. The summed E-state index contributed by atoms with van der Waals surface area (Å²) in [5.74, 6) is 4.42. The predicted octanol–water partition coefficient (Wildman–Crippen LogP) is 7.23. The first kappa shape index (κ1) is 26.1. The van der Waals surface area contributed by atoms with E-state index in [9.17, 15) is 9.59 Å². The van der Waals surface area contributed by atoms with Crippen LogP contribution in [0.15, 0.2) is 40.9 Å². The molecule has 2 aromatic carbocycles. The van der Waals surface area contributed by atoms with E-state index < -0.39 is 0 Å². The van der Waals surface area contributed by atoms with E-state index in [0.717, 1.165) is 44.9 Å². The highest BCUT2D eigenvalue weighted by Gasteiger charge is 2.44. The van der Waals surface area contributed by atoms with Gasteiger partial charge in [-0.05, 0) is 80.5 Å². The molecule has 0 aromatic heterocycles. The van der Waals surface area contributed by atoms with Crippen LogP contribution in [-0.4, -0.2) is 19.3 Å². The SMILES string of the molecule is CCC1CC2CC2C1.CCc1c(Br)cccc1C(C)=O.COc1cc(NC=O)ccc1C. The molecule has 0 radical (unpaired) electrons. The van der Waals surface area contributed by atoms with Gasteiger partial charge in [0.25, 0.3) is 0 Å². The number of carbonyl (C=O) groups excluding carboxylic acids is 2. The lowest BCUT2D eigenvalue weighted by molar-refractivity contribution is -0.105. The molecule has 0 saturated heterocycles. The Morgan fingerprint density at radius 2 is 1.84 bits per heavy atom. The molecule has 0 heterocycles. The van der Waals surface area contributed by atoms with Crippen molar-refractivity contribution in [3.8, 4) is 5.75 Å². The zero-order valence-electron chi connectivity index (χ0n) is 19.9. The number of ketones is 1. The second kappa shape index (κ2) is 12.8. The van der Waals surface area contributed by atoms with Gasteiger partial charge >= 0.3 is 0 Å². The van der Waals surface area contributed by atoms with E-state index in [-0.39, 0.29) is 5.78 Å². The summed E-state index contributed by atoms with van der Waals surface area (Å²) >= 11 is 3.42. The molecule has 4 nitrogen and oxygen atoms in total. The summed E-state index contributed by atoms with van der Waals surface area (Å²) in [6, 6.07) is 11.2. The number of anilines is 1. The van der Waals surface area contributed by atoms with Gasteiger partial charge in [-0.1, -0.05) is 54.4 Å². The Morgan fingerprint density at radius 3 is 2.31 bits per heavy atom. The van der Waals surface area contributed by atoms with Gasteiger partial charge in [0, 0.05) is 21.8 Å². The van der Waals surface area contributed by atoms with Crippen LogP contribution in [0.25, 0.3) is 0 Å². The van der Waals surface area contributed by atoms with Crippen LogP contribution in [0.4, 0.5) is 5.69 Å². The second-order valence-electron chi connectivity index (χ2n) is 8.62. The second-order valence-corrected chi connectivity index (χ2v) is 9.48. The van der Waals surface area contributed by atoms with Crippen LogP contribution in [0.1, 0.15) is 67.9 Å². The molecule has 5 heteroatoms. The molecule has 2 unspecified atom stereocenters. The molecule has 2 atom stereocenters. The summed E-state index contributed by atoms with van der Waals surface area (Å²) in [6.07, 6.45) is 7.69. The largest absolute Gasteiger partial charge is 0.496 e. The maximum atomic E-state index is 11.2. The zero-order chi connectivity index (χ0) is 23.7. The molecule has 0 bridgehead atoms. The van der Waals surface area contributed by atoms with Crippen LogP contribution in [0.5, 0.6) is 5.75 Å². The van der Waals surface area contributed by atoms with Crippen LogP contribution < -0.4 is 10.1 Å². The molecule has 2 saturated carbocycles. The maximum absolute atomic E-state index is 11.2. The summed E-state index contributed by atoms with van der Waals surface area (Å²) in [4.78, 5) is 21.3. The number of rotatable bonds is 6. The smallest absolute Gasteiger partial charge is 0.211 e. The van der Waals surface area contributed by atoms with Gasteiger partial charge in [0.1, 0.15) is 5.75 Å². The summed E-state index contributed by atoms with van der Waals surface area (Å²) < 4.78 is 6.10. The molecular formula is C27H36BrNO3. The minimum atomic E-state index is 0.133. The number of Topliss-reactive ketones (excluding diaryl/α,β-unsaturated/α-hetero) is 1. The number of carbonyl (C=O) groups is 2. The fourth-order valence-corrected chi connectivity index (χ4v) is 5.05. The molecule has 1 N–H and O–H groups in total. The third kappa shape index (κ3) is 7.47. The lowest BCUT2D eigenvalue weighted by Gasteiger charge is -2.05. The number of amides is 1. The first-order valence-electron chi connectivity index (χ1n) is 11.5. The number of fused-ring (bicyclic) bond motifs is 1. The highest BCUT2D eigenvalue weighted by molar-refractivity contribution is 9.10. The van der Waals surface area contributed by atoms with Crippen molar-refractivity contribution >= 4 is 33.8 Å². The average molecular weight is 502 g/mol.